The van der Waals surface area contributed by atoms with E-state index in [4.69, 9.17) is 4.42 Å². The molecule has 702 valence electrons. The summed E-state index contributed by atoms with van der Waals surface area (Å²) in [7, 11) is 1.71. The molecule has 14 N–H and O–H groups in total. The van der Waals surface area contributed by atoms with Gasteiger partial charge in [0.2, 0.25) is 0 Å². The van der Waals surface area contributed by atoms with Gasteiger partial charge in [-0.3, -0.25) is 4.68 Å². The molecule has 40 heteroatoms. The van der Waals surface area contributed by atoms with E-state index in [1.807, 2.05) is 39.1 Å². The van der Waals surface area contributed by atoms with Crippen LogP contribution in [-0.4, -0.2) is 145 Å². The topological polar surface area (TPSA) is 381 Å². The van der Waals surface area contributed by atoms with Crippen LogP contribution in [0.15, 0.2) is 218 Å². The van der Waals surface area contributed by atoms with Crippen molar-refractivity contribution >= 4 is 54.5 Å². The zero-order valence-electron chi connectivity index (χ0n) is 72.1. The van der Waals surface area contributed by atoms with Crippen molar-refractivity contribution in [1.82, 2.24) is 84.0 Å². The first-order valence-corrected chi connectivity index (χ1v) is 42.9. The van der Waals surface area contributed by atoms with Crippen LogP contribution in [0.5, 0.6) is 0 Å². The molecule has 6 aromatic carbocycles. The smallest absolute Gasteiger partial charge is 0.393 e. The molecular formula is C94H91F13N18O8S. The summed E-state index contributed by atoms with van der Waals surface area (Å²) in [6.45, 7) is 7.55. The summed E-state index contributed by atoms with van der Waals surface area (Å²) < 4.78 is 182. The van der Waals surface area contributed by atoms with Gasteiger partial charge >= 0.3 is 6.18 Å². The van der Waals surface area contributed by atoms with Gasteiger partial charge in [-0.05, 0) is 143 Å². The molecule has 0 aliphatic carbocycles. The maximum Gasteiger partial charge on any atom is 0.393 e. The van der Waals surface area contributed by atoms with Gasteiger partial charge in [-0.25, -0.2) is 78.8 Å². The number of halogens is 13. The maximum atomic E-state index is 13.8. The Kier molecular flexibility index (Phi) is 31.8. The van der Waals surface area contributed by atoms with Gasteiger partial charge in [-0.2, -0.15) is 18.3 Å². The third-order valence-electron chi connectivity index (χ3n) is 21.8. The Balaban J connectivity index is 0.000000133. The lowest BCUT2D eigenvalue weighted by Gasteiger charge is -2.23. The number of nitrogens with zero attached hydrogens (tertiary/aromatic N) is 11. The number of thiophene rings is 1. The molecule has 1 fully saturated rings. The van der Waals surface area contributed by atoms with E-state index in [2.05, 4.69) is 74.9 Å². The van der Waals surface area contributed by atoms with Crippen molar-refractivity contribution in [3.63, 3.8) is 0 Å². The maximum absolute atomic E-state index is 13.8. The van der Waals surface area contributed by atoms with E-state index in [0.717, 1.165) is 66.3 Å². The molecule has 1 saturated heterocycles. The fourth-order valence-corrected chi connectivity index (χ4v) is 16.5. The summed E-state index contributed by atoms with van der Waals surface area (Å²) in [4.78, 5) is 48.9. The van der Waals surface area contributed by atoms with E-state index >= 15 is 0 Å². The second kappa shape index (κ2) is 43.7. The lowest BCUT2D eigenvalue weighted by molar-refractivity contribution is -0.127. The average molecular weight is 1880 g/mol. The molecule has 0 spiro atoms. The van der Waals surface area contributed by atoms with E-state index in [1.54, 1.807) is 108 Å². The van der Waals surface area contributed by atoms with Gasteiger partial charge in [-0.1, -0.05) is 76.9 Å². The molecule has 18 aromatic rings. The first-order valence-electron chi connectivity index (χ1n) is 42.0. The number of aliphatic hydroxyl groups excluding tert-OH is 7. The van der Waals surface area contributed by atoms with Gasteiger partial charge in [0.25, 0.3) is 5.92 Å². The van der Waals surface area contributed by atoms with Crippen LogP contribution in [0.3, 0.4) is 0 Å². The number of hydrogen-bond acceptors (Lipinski definition) is 18. The number of furan rings is 1. The molecule has 1 aliphatic heterocycles. The van der Waals surface area contributed by atoms with Crippen LogP contribution < -0.4 is 4.90 Å². The first kappa shape index (κ1) is 97.7. The van der Waals surface area contributed by atoms with Gasteiger partial charge in [0.1, 0.15) is 106 Å². The number of hydrogen-bond donors (Lipinski definition) is 14. The van der Waals surface area contributed by atoms with Crippen LogP contribution in [0.1, 0.15) is 197 Å². The largest absolute Gasteiger partial charge is 0.461 e. The highest BCUT2D eigenvalue weighted by Crippen LogP contribution is 2.41. The zero-order valence-corrected chi connectivity index (χ0v) is 72.9. The molecule has 134 heavy (non-hydrogen) atoms. The molecule has 19 rings (SSSR count). The molecule has 0 radical (unpaired) electrons. The molecule has 7 atom stereocenters. The Bertz CT molecular complexity index is 6670. The summed E-state index contributed by atoms with van der Waals surface area (Å²) in [5.41, 5.74) is 7.20. The third-order valence-corrected chi connectivity index (χ3v) is 22.8. The molecule has 1 aliphatic rings. The lowest BCUT2D eigenvalue weighted by Crippen LogP contribution is -2.26. The summed E-state index contributed by atoms with van der Waals surface area (Å²) >= 11 is 1.38. The Morgan fingerprint density at radius 2 is 0.918 bits per heavy atom. The van der Waals surface area contributed by atoms with E-state index in [9.17, 15) is 92.8 Å². The summed E-state index contributed by atoms with van der Waals surface area (Å²) in [5, 5.41) is 79.0. The van der Waals surface area contributed by atoms with E-state index < -0.39 is 91.1 Å². The lowest BCUT2D eigenvalue weighted by atomic mass is 9.97. The zero-order chi connectivity index (χ0) is 95.8. The minimum Gasteiger partial charge on any atom is -0.461 e. The van der Waals surface area contributed by atoms with Gasteiger partial charge in [0.15, 0.2) is 29.1 Å². The van der Waals surface area contributed by atoms with Gasteiger partial charge < -0.3 is 84.4 Å². The van der Waals surface area contributed by atoms with Gasteiger partial charge in [0.05, 0.1) is 52.2 Å². The Labute approximate surface area is 759 Å². The molecule has 0 amide bonds. The van der Waals surface area contributed by atoms with Crippen LogP contribution in [0.4, 0.5) is 62.8 Å². The normalized spacial score (nSPS) is 14.0. The number of H-pyrrole nitrogens is 7. The van der Waals surface area contributed by atoms with Crippen molar-refractivity contribution in [1.29, 1.82) is 0 Å². The summed E-state index contributed by atoms with van der Waals surface area (Å²) in [5.74, 6) is -4.49. The first-order chi connectivity index (χ1) is 64.3. The number of anilines is 1. The van der Waals surface area contributed by atoms with Crippen molar-refractivity contribution < 1.29 is 97.2 Å². The Hall–Kier alpha value is -13.9. The third kappa shape index (κ3) is 22.5. The fourth-order valence-electron chi connectivity index (χ4n) is 15.4. The number of nitrogens with one attached hydrogen (secondary N) is 7. The molecular weight excluding hydrogens is 1790 g/mol. The van der Waals surface area contributed by atoms with E-state index in [0.29, 0.717) is 96.6 Å². The van der Waals surface area contributed by atoms with Crippen molar-refractivity contribution in [3.8, 4) is 0 Å². The van der Waals surface area contributed by atoms with Crippen molar-refractivity contribution in [2.24, 2.45) is 7.05 Å². The highest BCUT2D eigenvalue weighted by molar-refractivity contribution is 7.17. The van der Waals surface area contributed by atoms with Crippen molar-refractivity contribution in [2.45, 2.75) is 134 Å². The predicted molar refractivity (Wildman–Crippen MR) is 472 cm³/mol. The van der Waals surface area contributed by atoms with E-state index in [-0.39, 0.29) is 81.2 Å². The molecule has 6 unspecified atom stereocenters. The van der Waals surface area contributed by atoms with Crippen LogP contribution in [0.25, 0.3) is 37.5 Å². The second-order valence-electron chi connectivity index (χ2n) is 30.7. The SMILES string of the molecule is CCCc1c(C(O)c2ncc[nH]2)ccc(F)c1F.CCCc1cc(F)ccc1[C@H](O)c1ncc[nH]1.CCc1ccc2c(F)ccc(C(O)c3ncc[nH]3)n12.CCc1csc2c(F)ccc(C(O)c3ncc[nH]3)c12.Cn1ncc2c(F)ccc(C(O)c3ncc[nH]3)c21.OC(c1ncc[nH]1)c1ccc(F)c2occ(CC(F)(F)F)c12.OC(c1ncc[nH]1)c1ccc(F)cc1N1CCC(F)(F)C1. The number of aromatic amines is 7. The van der Waals surface area contributed by atoms with E-state index in [1.165, 1.54) is 108 Å². The molecule has 26 nitrogen and oxygen atoms in total. The molecule has 13 heterocycles. The quantitative estimate of drug-likeness (QED) is 0.0280. The van der Waals surface area contributed by atoms with Crippen LogP contribution >= 0.6 is 11.3 Å². The highest BCUT2D eigenvalue weighted by atomic mass is 32.1. The number of benzene rings is 6. The Morgan fingerprint density at radius 3 is 1.43 bits per heavy atom. The summed E-state index contributed by atoms with van der Waals surface area (Å²) in [6, 6.07) is 25.4. The average Bonchev–Trinajstić information content (AvgIpc) is 1.64. The van der Waals surface area contributed by atoms with Crippen LogP contribution in [-0.2, 0) is 39.2 Å². The van der Waals surface area contributed by atoms with Crippen molar-refractivity contribution in [2.75, 3.05) is 18.0 Å². The predicted octanol–water partition coefficient (Wildman–Crippen LogP) is 18.6. The number of aliphatic hydroxyl groups is 7. The Morgan fingerprint density at radius 1 is 0.463 bits per heavy atom. The van der Waals surface area contributed by atoms with Crippen LogP contribution in [0.2, 0.25) is 0 Å². The molecule has 0 bridgehead atoms. The number of imidazole rings is 7. The van der Waals surface area contributed by atoms with Crippen LogP contribution in [0, 0.1) is 46.5 Å². The molecule has 0 saturated carbocycles. The number of pyridine rings is 1. The standard InChI is InChI=1S/C14H10F4N2O2.C14H14F3N3O.C14H14FN3O.C14H13FN2OS.C13H14F2N2O.C13H15FN2O.C12H11FN4O/c15-9-2-1-8(11(21)13-19-3-4-20-13)10-7(5-14(16,17)18)6-22-12(9)10;15-9-1-2-10(12(21)13-18-4-5-19-13)11(7-9)20-6-3-14(16,17)8-20;1-2-9-3-5-11-10(15)4-6-12(18(9)11)13(19)14-16-7-8-17-14;1-2-8-7-19-13-10(15)4-3-9(11(8)13)12(18)14-16-5-6-17-14;1-2-3-8-9(4-5-10(14)11(8)15)12(18)13-16-6-7-17-13;1-2-3-9-8-10(14)4-5-11(9)12(17)13-15-6-7-16-13;1-17-10-7(11(18)12-14-4-5-15-12)2-3-9(13)8(10)6-16-17/h1-4,6,11,21H,5H2,(H,19,20);1-2,4-5,7,12,21H,3,6,8H2,(H,18,19);3-8,13,19H,2H2,1H3,(H,16,17);3-7,12,18H,2H2,1H3,(H,16,17);4-7,12,18H,2-3H2,1H3,(H,16,17);4-8,12,17H,2-3H2,1H3,(H,15,16);2-6,11,18H,1H3,(H,14,15)/t;;;;;12-;/m.....0./s1. The minimum absolute atomic E-state index is 0.0822. The molecule has 12 aromatic heterocycles. The summed E-state index contributed by atoms with van der Waals surface area (Å²) in [6.07, 6.45) is 15.3. The van der Waals surface area contributed by atoms with Gasteiger partial charge in [0, 0.05) is 146 Å². The fraction of sp³-hybridized carbons (Fsp3) is 0.255. The highest BCUT2D eigenvalue weighted by Gasteiger charge is 2.40. The number of aryl methyl sites for hydroxylation is 4. The number of alkyl halides is 5. The number of fused-ring (bicyclic) bond motifs is 4. The van der Waals surface area contributed by atoms with Crippen molar-refractivity contribution in [3.05, 3.63) is 368 Å². The minimum atomic E-state index is -4.48. The number of rotatable bonds is 22. The number of aromatic nitrogens is 17. The van der Waals surface area contributed by atoms with Gasteiger partial charge in [-0.15, -0.1) is 11.3 Å². The monoisotopic (exact) mass is 1880 g/mol. The second-order valence-corrected chi connectivity index (χ2v) is 31.5.